The molecule has 7 aromatic carbocycles. The van der Waals surface area contributed by atoms with Crippen LogP contribution in [0.5, 0.6) is 0 Å². The number of benzene rings is 7. The van der Waals surface area contributed by atoms with E-state index in [1.54, 1.807) is 0 Å². The Balaban J connectivity index is 1.27. The predicted molar refractivity (Wildman–Crippen MR) is 205 cm³/mol. The van der Waals surface area contributed by atoms with E-state index >= 15 is 0 Å². The fourth-order valence-corrected chi connectivity index (χ4v) is 8.93. The van der Waals surface area contributed by atoms with Crippen LogP contribution in [0.15, 0.2) is 140 Å². The maximum absolute atomic E-state index is 2.46. The first-order chi connectivity index (χ1) is 23.1. The molecule has 2 aliphatic rings. The second-order valence-corrected chi connectivity index (χ2v) is 15.4. The molecule has 2 aliphatic carbocycles. The third-order valence-corrected chi connectivity index (χ3v) is 12.2. The fraction of sp³-hybridized carbons (Fsp3) is 0.191. The number of nitrogens with zero attached hydrogens (tertiary/aromatic N) is 1. The highest BCUT2D eigenvalue weighted by Crippen LogP contribution is 2.57. The largest absolute Gasteiger partial charge is 0.310 e. The Hall–Kier alpha value is -5.14. The summed E-state index contributed by atoms with van der Waals surface area (Å²) in [6, 6.07) is 52.2. The van der Waals surface area contributed by atoms with Gasteiger partial charge in [-0.25, -0.2) is 0 Å². The summed E-state index contributed by atoms with van der Waals surface area (Å²) in [5.41, 5.74) is 14.3. The minimum Gasteiger partial charge on any atom is -0.310 e. The lowest BCUT2D eigenvalue weighted by molar-refractivity contribution is 0.301. The second kappa shape index (κ2) is 9.94. The van der Waals surface area contributed by atoms with E-state index in [0.29, 0.717) is 0 Å². The van der Waals surface area contributed by atoms with Crippen LogP contribution in [0.1, 0.15) is 63.8 Å². The molecule has 0 radical (unpaired) electrons. The molecule has 0 fully saturated rings. The lowest BCUT2D eigenvalue weighted by atomic mass is 9.54. The molecule has 0 N–H and O–H groups in total. The summed E-state index contributed by atoms with van der Waals surface area (Å²) in [5, 5.41) is 5.31. The quantitative estimate of drug-likeness (QED) is 0.178. The lowest BCUT2D eigenvalue weighted by Crippen LogP contribution is -2.43. The van der Waals surface area contributed by atoms with Crippen molar-refractivity contribution in [3.63, 3.8) is 0 Å². The molecule has 0 spiro atoms. The average Bonchev–Trinajstić information content (AvgIpc) is 3.33. The van der Waals surface area contributed by atoms with E-state index in [1.807, 2.05) is 0 Å². The number of hydrogen-bond donors (Lipinski definition) is 0. The zero-order valence-corrected chi connectivity index (χ0v) is 28.7. The van der Waals surface area contributed by atoms with Crippen molar-refractivity contribution in [2.24, 2.45) is 0 Å². The van der Waals surface area contributed by atoms with Crippen LogP contribution in [0.4, 0.5) is 17.1 Å². The topological polar surface area (TPSA) is 3.24 Å². The van der Waals surface area contributed by atoms with Gasteiger partial charge in [-0.2, -0.15) is 0 Å². The first kappa shape index (κ1) is 29.0. The van der Waals surface area contributed by atoms with Gasteiger partial charge in [0.1, 0.15) is 0 Å². The Kier molecular flexibility index (Phi) is 6.01. The standard InChI is InChI=1S/C47H41N/c1-45(2)41-19-13-12-18-36(41)37-24-21-33(29-43(37)45)48(31-15-8-7-9-16-31)32-22-27-42-40(28-32)39-26-25-35-34-17-11-10-14-30(34)20-23-38(35)44(39)47(5,6)46(42,3)4/h7-29H,1-6H3. The van der Waals surface area contributed by atoms with Crippen LogP contribution in [0, 0.1) is 0 Å². The van der Waals surface area contributed by atoms with Crippen molar-refractivity contribution in [1.82, 2.24) is 0 Å². The van der Waals surface area contributed by atoms with Gasteiger partial charge in [0.2, 0.25) is 0 Å². The van der Waals surface area contributed by atoms with E-state index in [1.165, 1.54) is 77.4 Å². The Bertz CT molecular complexity index is 2430. The van der Waals surface area contributed by atoms with Crippen LogP contribution >= 0.6 is 0 Å². The minimum atomic E-state index is -0.0886. The van der Waals surface area contributed by atoms with E-state index in [9.17, 15) is 0 Å². The zero-order valence-electron chi connectivity index (χ0n) is 28.7. The predicted octanol–water partition coefficient (Wildman–Crippen LogP) is 13.0. The average molecular weight is 620 g/mol. The molecule has 1 heteroatoms. The van der Waals surface area contributed by atoms with Crippen molar-refractivity contribution in [1.29, 1.82) is 0 Å². The van der Waals surface area contributed by atoms with Gasteiger partial charge in [-0.05, 0) is 108 Å². The molecule has 0 bridgehead atoms. The van der Waals surface area contributed by atoms with E-state index in [-0.39, 0.29) is 16.2 Å². The van der Waals surface area contributed by atoms with Gasteiger partial charge in [-0.1, -0.05) is 145 Å². The molecule has 9 rings (SSSR count). The Morgan fingerprint density at radius 1 is 0.375 bits per heavy atom. The van der Waals surface area contributed by atoms with Gasteiger partial charge in [0.15, 0.2) is 0 Å². The van der Waals surface area contributed by atoms with Crippen LogP contribution in [-0.2, 0) is 16.2 Å². The molecule has 0 heterocycles. The first-order valence-electron chi connectivity index (χ1n) is 17.3. The third-order valence-electron chi connectivity index (χ3n) is 12.2. The van der Waals surface area contributed by atoms with E-state index in [2.05, 4.69) is 186 Å². The summed E-state index contributed by atoms with van der Waals surface area (Å²) in [4.78, 5) is 2.45. The molecule has 0 atom stereocenters. The molecular formula is C47H41N. The maximum atomic E-state index is 2.46. The molecule has 0 amide bonds. The molecule has 0 saturated carbocycles. The SMILES string of the molecule is CC1(C)c2ccccc2-c2ccc(N(c3ccccc3)c3ccc4c(c3)-c3ccc5c(ccc6ccccc65)c3C(C)(C)C4(C)C)cc21. The normalized spacial score (nSPS) is 16.2. The number of hydrogen-bond acceptors (Lipinski definition) is 1. The van der Waals surface area contributed by atoms with Crippen molar-refractivity contribution in [2.75, 3.05) is 4.90 Å². The van der Waals surface area contributed by atoms with Crippen molar-refractivity contribution in [2.45, 2.75) is 57.8 Å². The van der Waals surface area contributed by atoms with Crippen LogP contribution in [0.2, 0.25) is 0 Å². The molecule has 1 nitrogen and oxygen atoms in total. The third kappa shape index (κ3) is 3.85. The van der Waals surface area contributed by atoms with Crippen LogP contribution in [0.3, 0.4) is 0 Å². The van der Waals surface area contributed by atoms with Gasteiger partial charge in [0, 0.05) is 27.9 Å². The van der Waals surface area contributed by atoms with Crippen molar-refractivity contribution >= 4 is 38.6 Å². The monoisotopic (exact) mass is 619 g/mol. The van der Waals surface area contributed by atoms with Gasteiger partial charge in [-0.15, -0.1) is 0 Å². The summed E-state index contributed by atoms with van der Waals surface area (Å²) in [6.45, 7) is 14.5. The minimum absolute atomic E-state index is 0.0695. The van der Waals surface area contributed by atoms with E-state index < -0.39 is 0 Å². The zero-order chi connectivity index (χ0) is 33.0. The number of anilines is 3. The first-order valence-corrected chi connectivity index (χ1v) is 17.3. The number of rotatable bonds is 3. The van der Waals surface area contributed by atoms with Gasteiger partial charge in [0.05, 0.1) is 0 Å². The lowest BCUT2D eigenvalue weighted by Gasteiger charge is -2.49. The molecule has 0 aromatic heterocycles. The maximum Gasteiger partial charge on any atom is 0.0468 e. The molecule has 0 saturated heterocycles. The summed E-state index contributed by atoms with van der Waals surface area (Å²) in [6.07, 6.45) is 0. The van der Waals surface area contributed by atoms with Crippen molar-refractivity contribution in [3.8, 4) is 22.3 Å². The molecular weight excluding hydrogens is 579 g/mol. The molecule has 48 heavy (non-hydrogen) atoms. The Morgan fingerprint density at radius 2 is 1.02 bits per heavy atom. The van der Waals surface area contributed by atoms with Gasteiger partial charge in [-0.3, -0.25) is 0 Å². The fourth-order valence-electron chi connectivity index (χ4n) is 8.93. The summed E-state index contributed by atoms with van der Waals surface area (Å²) in [7, 11) is 0. The van der Waals surface area contributed by atoms with Crippen molar-refractivity contribution in [3.05, 3.63) is 162 Å². The van der Waals surface area contributed by atoms with Gasteiger partial charge in [0.25, 0.3) is 0 Å². The smallest absolute Gasteiger partial charge is 0.0468 e. The highest BCUT2D eigenvalue weighted by molar-refractivity contribution is 6.11. The molecule has 234 valence electrons. The van der Waals surface area contributed by atoms with Crippen molar-refractivity contribution < 1.29 is 0 Å². The Morgan fingerprint density at radius 3 is 1.85 bits per heavy atom. The molecule has 0 aliphatic heterocycles. The highest BCUT2D eigenvalue weighted by atomic mass is 15.1. The molecule has 0 unspecified atom stereocenters. The van der Waals surface area contributed by atoms with E-state index in [4.69, 9.17) is 0 Å². The second-order valence-electron chi connectivity index (χ2n) is 15.4. The Labute approximate surface area is 284 Å². The highest BCUT2D eigenvalue weighted by Gasteiger charge is 2.47. The van der Waals surface area contributed by atoms with Crippen LogP contribution in [0.25, 0.3) is 43.8 Å². The van der Waals surface area contributed by atoms with E-state index in [0.717, 1.165) is 5.69 Å². The van der Waals surface area contributed by atoms with Gasteiger partial charge < -0.3 is 4.90 Å². The summed E-state index contributed by atoms with van der Waals surface area (Å²) in [5.74, 6) is 0. The number of para-hydroxylation sites is 1. The summed E-state index contributed by atoms with van der Waals surface area (Å²) < 4.78 is 0. The number of fused-ring (bicyclic) bond motifs is 10. The van der Waals surface area contributed by atoms with Gasteiger partial charge >= 0.3 is 0 Å². The molecule has 7 aromatic rings. The summed E-state index contributed by atoms with van der Waals surface area (Å²) >= 11 is 0. The van der Waals surface area contributed by atoms with Crippen LogP contribution < -0.4 is 4.90 Å². The van der Waals surface area contributed by atoms with Crippen LogP contribution in [-0.4, -0.2) is 0 Å².